The van der Waals surface area contributed by atoms with Gasteiger partial charge in [0.05, 0.1) is 0 Å². The van der Waals surface area contributed by atoms with Gasteiger partial charge in [-0.2, -0.15) is 0 Å². The van der Waals surface area contributed by atoms with Crippen LogP contribution in [0.1, 0.15) is 6.42 Å². The fourth-order valence-electron chi connectivity index (χ4n) is 0.809. The normalized spacial score (nSPS) is 46.1. The first-order chi connectivity index (χ1) is 3.75. The number of rotatable bonds is 1. The monoisotopic (exact) mass is 182 g/mol. The van der Waals surface area contributed by atoms with E-state index in [1.807, 2.05) is 0 Å². The van der Waals surface area contributed by atoms with Crippen LogP contribution in [0, 0.1) is 0 Å². The van der Waals surface area contributed by atoms with Crippen LogP contribution in [0.4, 0.5) is 4.39 Å². The van der Waals surface area contributed by atoms with Crippen LogP contribution in [0.25, 0.3) is 0 Å². The van der Waals surface area contributed by atoms with Crippen molar-refractivity contribution in [3.63, 3.8) is 0 Å². The second kappa shape index (κ2) is 2.31. The van der Waals surface area contributed by atoms with Crippen molar-refractivity contribution in [1.29, 1.82) is 0 Å². The molecule has 1 rings (SSSR count). The molecule has 1 nitrogen and oxygen atoms in total. The van der Waals surface area contributed by atoms with Crippen LogP contribution in [0.5, 0.6) is 0 Å². The molecule has 0 radical (unpaired) electrons. The molecule has 0 aromatic rings. The van der Waals surface area contributed by atoms with E-state index in [9.17, 15) is 4.39 Å². The summed E-state index contributed by atoms with van der Waals surface area (Å²) >= 11 is 3.26. The molecule has 0 aliphatic heterocycles. The average Bonchev–Trinajstić information content (AvgIpc) is 1.67. The third-order valence-corrected chi connectivity index (χ3v) is 2.33. The lowest BCUT2D eigenvalue weighted by molar-refractivity contribution is -0.0248. The van der Waals surface area contributed by atoms with Gasteiger partial charge in [-0.25, -0.2) is 4.39 Å². The highest BCUT2D eigenvalue weighted by atomic mass is 79.9. The molecule has 8 heavy (non-hydrogen) atoms. The van der Waals surface area contributed by atoms with E-state index in [1.54, 1.807) is 0 Å². The molecule has 1 aliphatic rings. The van der Waals surface area contributed by atoms with Gasteiger partial charge in [-0.3, -0.25) is 0 Å². The third kappa shape index (κ3) is 0.890. The van der Waals surface area contributed by atoms with Gasteiger partial charge in [0.2, 0.25) is 0 Å². The molecular weight excluding hydrogens is 175 g/mol. The van der Waals surface area contributed by atoms with E-state index in [0.717, 1.165) is 0 Å². The fraction of sp³-hybridized carbons (Fsp3) is 1.00. The van der Waals surface area contributed by atoms with E-state index in [-0.39, 0.29) is 10.9 Å². The topological polar surface area (TPSA) is 9.23 Å². The highest BCUT2D eigenvalue weighted by Crippen LogP contribution is 2.32. The van der Waals surface area contributed by atoms with Gasteiger partial charge in [-0.1, -0.05) is 15.9 Å². The zero-order valence-corrected chi connectivity index (χ0v) is 6.19. The lowest BCUT2D eigenvalue weighted by Crippen LogP contribution is -2.45. The Morgan fingerprint density at radius 1 is 1.75 bits per heavy atom. The number of methoxy groups -OCH3 is 1. The smallest absolute Gasteiger partial charge is 0.128 e. The molecule has 1 saturated carbocycles. The van der Waals surface area contributed by atoms with Crippen molar-refractivity contribution in [2.45, 2.75) is 23.5 Å². The van der Waals surface area contributed by atoms with Crippen molar-refractivity contribution in [2.75, 3.05) is 7.11 Å². The van der Waals surface area contributed by atoms with E-state index < -0.39 is 6.17 Å². The molecule has 1 fully saturated rings. The van der Waals surface area contributed by atoms with Gasteiger partial charge in [0.15, 0.2) is 0 Å². The molecule has 0 saturated heterocycles. The lowest BCUT2D eigenvalue weighted by Gasteiger charge is -2.34. The van der Waals surface area contributed by atoms with E-state index in [4.69, 9.17) is 4.74 Å². The van der Waals surface area contributed by atoms with E-state index >= 15 is 0 Å². The second-order valence-corrected chi connectivity index (χ2v) is 3.14. The minimum atomic E-state index is -0.746. The molecule has 0 spiro atoms. The van der Waals surface area contributed by atoms with E-state index in [1.165, 1.54) is 7.11 Å². The first-order valence-corrected chi connectivity index (χ1v) is 3.48. The van der Waals surface area contributed by atoms with Crippen LogP contribution < -0.4 is 0 Å². The highest BCUT2D eigenvalue weighted by Gasteiger charge is 2.39. The number of hydrogen-bond donors (Lipinski definition) is 0. The van der Waals surface area contributed by atoms with Crippen LogP contribution in [0.2, 0.25) is 0 Å². The highest BCUT2D eigenvalue weighted by molar-refractivity contribution is 9.09. The minimum absolute atomic E-state index is 0.199. The second-order valence-electron chi connectivity index (χ2n) is 1.97. The Morgan fingerprint density at radius 2 is 2.38 bits per heavy atom. The molecule has 0 N–H and O–H groups in total. The molecule has 1 aliphatic carbocycles. The van der Waals surface area contributed by atoms with Crippen molar-refractivity contribution in [1.82, 2.24) is 0 Å². The molecule has 0 bridgehead atoms. The first kappa shape index (κ1) is 6.49. The summed E-state index contributed by atoms with van der Waals surface area (Å²) in [4.78, 5) is 0.238. The van der Waals surface area contributed by atoms with Gasteiger partial charge < -0.3 is 4.74 Å². The zero-order valence-electron chi connectivity index (χ0n) is 4.60. The van der Waals surface area contributed by atoms with Crippen LogP contribution in [0.15, 0.2) is 0 Å². The molecule has 48 valence electrons. The summed E-state index contributed by atoms with van der Waals surface area (Å²) in [6.07, 6.45) is -0.349. The quantitative estimate of drug-likeness (QED) is 0.560. The number of ether oxygens (including phenoxy) is 1. The van der Waals surface area contributed by atoms with E-state index in [2.05, 4.69) is 15.9 Å². The van der Waals surface area contributed by atoms with Gasteiger partial charge in [0.25, 0.3) is 0 Å². The van der Waals surface area contributed by atoms with Crippen molar-refractivity contribution in [3.05, 3.63) is 0 Å². The van der Waals surface area contributed by atoms with Crippen molar-refractivity contribution < 1.29 is 9.13 Å². The average molecular weight is 183 g/mol. The maximum Gasteiger partial charge on any atom is 0.128 e. The van der Waals surface area contributed by atoms with Gasteiger partial charge in [0.1, 0.15) is 12.3 Å². The minimum Gasteiger partial charge on any atom is -0.377 e. The Labute approximate surface area is 56.3 Å². The summed E-state index contributed by atoms with van der Waals surface area (Å²) in [6.45, 7) is 0. The third-order valence-electron chi connectivity index (χ3n) is 1.44. The van der Waals surface area contributed by atoms with Gasteiger partial charge in [-0.15, -0.1) is 0 Å². The number of hydrogen-bond acceptors (Lipinski definition) is 1. The van der Waals surface area contributed by atoms with Gasteiger partial charge in [0, 0.05) is 11.9 Å². The van der Waals surface area contributed by atoms with Crippen molar-refractivity contribution in [2.24, 2.45) is 0 Å². The van der Waals surface area contributed by atoms with E-state index in [0.29, 0.717) is 6.42 Å². The fourth-order valence-corrected chi connectivity index (χ4v) is 1.71. The summed E-state index contributed by atoms with van der Waals surface area (Å²) in [6, 6.07) is 0. The summed E-state index contributed by atoms with van der Waals surface area (Å²) in [5.41, 5.74) is 0. The van der Waals surface area contributed by atoms with Crippen LogP contribution in [0.3, 0.4) is 0 Å². The predicted octanol–water partition coefficient (Wildman–Crippen LogP) is 1.51. The molecule has 0 aromatic carbocycles. The predicted molar refractivity (Wildman–Crippen MR) is 33.0 cm³/mol. The molecule has 3 heteroatoms. The molecule has 0 aromatic heterocycles. The Morgan fingerprint density at radius 3 is 2.50 bits per heavy atom. The van der Waals surface area contributed by atoms with Crippen molar-refractivity contribution >= 4 is 15.9 Å². The summed E-state index contributed by atoms with van der Waals surface area (Å²) in [5.74, 6) is 0. The Bertz CT molecular complexity index is 80.5. The Hall–Kier alpha value is 0.370. The number of halogens is 2. The molecule has 0 heterocycles. The molecule has 2 unspecified atom stereocenters. The maximum atomic E-state index is 12.3. The van der Waals surface area contributed by atoms with Crippen LogP contribution in [-0.2, 0) is 4.74 Å². The summed E-state index contributed by atoms with van der Waals surface area (Å²) in [7, 11) is 1.53. The summed E-state index contributed by atoms with van der Waals surface area (Å²) in [5, 5.41) is 0. The SMILES string of the molecule is CO[C@H]1C(F)CC1Br. The van der Waals surface area contributed by atoms with Gasteiger partial charge in [-0.05, 0) is 6.42 Å². The standard InChI is InChI=1S/C5H8BrFO/c1-8-5-3(6)2-4(5)7/h3-5H,2H2,1H3/t3?,4?,5-/m1/s1. The summed E-state index contributed by atoms with van der Waals surface area (Å²) < 4.78 is 17.1. The Balaban J connectivity index is 2.29. The molecule has 0 amide bonds. The first-order valence-electron chi connectivity index (χ1n) is 2.56. The lowest BCUT2D eigenvalue weighted by atomic mass is 9.93. The van der Waals surface area contributed by atoms with Crippen molar-refractivity contribution in [3.8, 4) is 0 Å². The molecule has 3 atom stereocenters. The van der Waals surface area contributed by atoms with Crippen LogP contribution >= 0.6 is 15.9 Å². The molecular formula is C5H8BrFO. The maximum absolute atomic E-state index is 12.3. The largest absolute Gasteiger partial charge is 0.377 e. The number of alkyl halides is 2. The van der Waals surface area contributed by atoms with Gasteiger partial charge >= 0.3 is 0 Å². The van der Waals surface area contributed by atoms with Crippen LogP contribution in [-0.4, -0.2) is 24.2 Å². The zero-order chi connectivity index (χ0) is 6.15. The Kier molecular flexibility index (Phi) is 1.88.